The zero-order valence-corrected chi connectivity index (χ0v) is 20.4. The van der Waals surface area contributed by atoms with Crippen LogP contribution in [0.3, 0.4) is 0 Å². The van der Waals surface area contributed by atoms with E-state index in [4.69, 9.17) is 4.42 Å². The molecule has 6 heteroatoms. The third-order valence-electron chi connectivity index (χ3n) is 7.40. The maximum Gasteiger partial charge on any atom is 0.197 e. The van der Waals surface area contributed by atoms with Gasteiger partial charge in [-0.2, -0.15) is 0 Å². The summed E-state index contributed by atoms with van der Waals surface area (Å²) >= 11 is 0. The fourth-order valence-electron chi connectivity index (χ4n) is 5.60. The fourth-order valence-corrected chi connectivity index (χ4v) is 5.60. The molecule has 2 heterocycles. The SMILES string of the molecule is CN1CCC(c2c(O)cc(O)c3c(=O)cc(/C=C/c4c5ccccc5cc5ccccc45)oc23)C(O)C1. The van der Waals surface area contributed by atoms with Gasteiger partial charge in [0.2, 0.25) is 0 Å². The summed E-state index contributed by atoms with van der Waals surface area (Å²) in [6, 6.07) is 20.9. The van der Waals surface area contributed by atoms with E-state index in [1.165, 1.54) is 6.07 Å². The number of aromatic hydroxyl groups is 2. The molecule has 1 aliphatic heterocycles. The fraction of sp³-hybridized carbons (Fsp3) is 0.194. The molecule has 0 spiro atoms. The van der Waals surface area contributed by atoms with E-state index in [1.54, 1.807) is 6.08 Å². The molecule has 1 aromatic heterocycles. The zero-order valence-electron chi connectivity index (χ0n) is 20.4. The molecule has 0 radical (unpaired) electrons. The van der Waals surface area contributed by atoms with Gasteiger partial charge in [-0.1, -0.05) is 54.6 Å². The maximum absolute atomic E-state index is 13.1. The van der Waals surface area contributed by atoms with Crippen LogP contribution in [-0.4, -0.2) is 46.5 Å². The molecule has 4 aromatic carbocycles. The second-order valence-electron chi connectivity index (χ2n) is 9.84. The molecule has 5 aromatic rings. The highest BCUT2D eigenvalue weighted by Gasteiger charge is 2.32. The van der Waals surface area contributed by atoms with Crippen LogP contribution in [0.25, 0.3) is 44.7 Å². The van der Waals surface area contributed by atoms with E-state index >= 15 is 0 Å². The Labute approximate surface area is 213 Å². The summed E-state index contributed by atoms with van der Waals surface area (Å²) in [6.07, 6.45) is 3.51. The Balaban J connectivity index is 1.53. The predicted molar refractivity (Wildman–Crippen MR) is 147 cm³/mol. The number of nitrogens with zero attached hydrogens (tertiary/aromatic N) is 1. The van der Waals surface area contributed by atoms with Crippen molar-refractivity contribution in [2.24, 2.45) is 0 Å². The summed E-state index contributed by atoms with van der Waals surface area (Å²) < 4.78 is 6.18. The van der Waals surface area contributed by atoms with Gasteiger partial charge in [0.05, 0.1) is 6.10 Å². The third-order valence-corrected chi connectivity index (χ3v) is 7.40. The molecule has 37 heavy (non-hydrogen) atoms. The standard InChI is InChI=1S/C31H27NO5/c1-32-13-12-24(28(36)17-32)29-26(34)16-27(35)30-25(33)15-20(37-31(29)30)10-11-23-21-8-4-2-6-18(21)14-19-7-3-5-9-22(19)23/h2-11,14-16,24,28,34-36H,12-13,17H2,1H3/b11-10+. The minimum absolute atomic E-state index is 0.00619. The van der Waals surface area contributed by atoms with E-state index < -0.39 is 17.5 Å². The lowest BCUT2D eigenvalue weighted by molar-refractivity contribution is 0.0630. The molecule has 186 valence electrons. The van der Waals surface area contributed by atoms with Crippen LogP contribution in [0.1, 0.15) is 29.2 Å². The van der Waals surface area contributed by atoms with Gasteiger partial charge in [0.15, 0.2) is 5.43 Å². The topological polar surface area (TPSA) is 94.1 Å². The second kappa shape index (κ2) is 9.07. The molecule has 0 saturated carbocycles. The largest absolute Gasteiger partial charge is 0.507 e. The number of benzene rings is 4. The lowest BCUT2D eigenvalue weighted by atomic mass is 9.85. The van der Waals surface area contributed by atoms with Crippen LogP contribution >= 0.6 is 0 Å². The summed E-state index contributed by atoms with van der Waals surface area (Å²) in [6.45, 7) is 1.16. The maximum atomic E-state index is 13.1. The van der Waals surface area contributed by atoms with Crippen molar-refractivity contribution in [3.63, 3.8) is 0 Å². The van der Waals surface area contributed by atoms with E-state index in [1.807, 2.05) is 42.3 Å². The summed E-state index contributed by atoms with van der Waals surface area (Å²) in [5.74, 6) is -0.669. The highest BCUT2D eigenvalue weighted by Crippen LogP contribution is 2.42. The molecule has 2 unspecified atom stereocenters. The monoisotopic (exact) mass is 493 g/mol. The molecular weight excluding hydrogens is 466 g/mol. The van der Waals surface area contributed by atoms with Gasteiger partial charge >= 0.3 is 0 Å². The number of likely N-dealkylation sites (tertiary alicyclic amines) is 1. The lowest BCUT2D eigenvalue weighted by Gasteiger charge is -2.34. The van der Waals surface area contributed by atoms with E-state index in [-0.39, 0.29) is 22.5 Å². The number of likely N-dealkylation sites (N-methyl/N-ethyl adjacent to an activating group) is 1. The van der Waals surface area contributed by atoms with Crippen molar-refractivity contribution in [1.29, 1.82) is 0 Å². The first-order valence-electron chi connectivity index (χ1n) is 12.4. The van der Waals surface area contributed by atoms with Gasteiger partial charge in [-0.25, -0.2) is 0 Å². The van der Waals surface area contributed by atoms with Gasteiger partial charge in [0.25, 0.3) is 0 Å². The zero-order chi connectivity index (χ0) is 25.7. The number of fused-ring (bicyclic) bond motifs is 3. The number of phenols is 2. The Kier molecular flexibility index (Phi) is 5.71. The van der Waals surface area contributed by atoms with Crippen LogP contribution in [0.15, 0.2) is 75.9 Å². The highest BCUT2D eigenvalue weighted by atomic mass is 16.3. The smallest absolute Gasteiger partial charge is 0.197 e. The normalized spacial score (nSPS) is 18.9. The Morgan fingerprint density at radius 2 is 1.59 bits per heavy atom. The van der Waals surface area contributed by atoms with Crippen LogP contribution < -0.4 is 5.43 Å². The molecular formula is C31H27NO5. The van der Waals surface area contributed by atoms with Gasteiger partial charge in [-0.3, -0.25) is 4.79 Å². The van der Waals surface area contributed by atoms with Gasteiger partial charge in [0, 0.05) is 30.2 Å². The molecule has 1 aliphatic rings. The molecule has 1 saturated heterocycles. The van der Waals surface area contributed by atoms with Crippen molar-refractivity contribution in [1.82, 2.24) is 4.90 Å². The van der Waals surface area contributed by atoms with Gasteiger partial charge in [-0.05, 0) is 59.3 Å². The summed E-state index contributed by atoms with van der Waals surface area (Å²) in [7, 11) is 1.92. The molecule has 0 aliphatic carbocycles. The first-order valence-corrected chi connectivity index (χ1v) is 12.4. The summed E-state index contributed by atoms with van der Waals surface area (Å²) in [5.41, 5.74) is 1.06. The summed E-state index contributed by atoms with van der Waals surface area (Å²) in [4.78, 5) is 15.1. The van der Waals surface area contributed by atoms with Crippen molar-refractivity contribution < 1.29 is 19.7 Å². The number of phenolic OH excluding ortho intramolecular Hbond substituents is 2. The second-order valence-corrected chi connectivity index (χ2v) is 9.84. The highest BCUT2D eigenvalue weighted by molar-refractivity contribution is 6.07. The number of hydrogen-bond acceptors (Lipinski definition) is 6. The molecule has 3 N–H and O–H groups in total. The minimum atomic E-state index is -0.746. The van der Waals surface area contributed by atoms with Crippen molar-refractivity contribution in [2.45, 2.75) is 18.4 Å². The molecule has 0 amide bonds. The number of piperidine rings is 1. The Bertz CT molecular complexity index is 1700. The number of aliphatic hydroxyl groups is 1. The average molecular weight is 494 g/mol. The number of β-amino-alcohol motifs (C(OH)–C–C–N with tert-alkyl or cyclic N) is 1. The van der Waals surface area contributed by atoms with E-state index in [2.05, 4.69) is 30.3 Å². The minimum Gasteiger partial charge on any atom is -0.507 e. The lowest BCUT2D eigenvalue weighted by Crippen LogP contribution is -2.40. The Morgan fingerprint density at radius 3 is 2.27 bits per heavy atom. The summed E-state index contributed by atoms with van der Waals surface area (Å²) in [5, 5.41) is 36.4. The van der Waals surface area contributed by atoms with Crippen molar-refractivity contribution in [3.05, 3.63) is 93.8 Å². The Morgan fingerprint density at radius 1 is 0.919 bits per heavy atom. The first-order chi connectivity index (χ1) is 17.9. The average Bonchev–Trinajstić information content (AvgIpc) is 2.87. The molecule has 2 atom stereocenters. The first kappa shape index (κ1) is 23.3. The third kappa shape index (κ3) is 4.04. The van der Waals surface area contributed by atoms with Crippen LogP contribution in [0.4, 0.5) is 0 Å². The van der Waals surface area contributed by atoms with Crippen molar-refractivity contribution in [3.8, 4) is 11.5 Å². The van der Waals surface area contributed by atoms with E-state index in [0.29, 0.717) is 24.3 Å². The van der Waals surface area contributed by atoms with E-state index in [9.17, 15) is 20.1 Å². The van der Waals surface area contributed by atoms with Crippen molar-refractivity contribution >= 4 is 44.7 Å². The molecule has 6 nitrogen and oxygen atoms in total. The quantitative estimate of drug-likeness (QED) is 0.289. The van der Waals surface area contributed by atoms with Gasteiger partial charge in [0.1, 0.15) is 28.2 Å². The molecule has 1 fully saturated rings. The van der Waals surface area contributed by atoms with Gasteiger partial charge < -0.3 is 24.6 Å². The molecule has 6 rings (SSSR count). The number of rotatable bonds is 3. The van der Waals surface area contributed by atoms with Crippen molar-refractivity contribution in [2.75, 3.05) is 20.1 Å². The van der Waals surface area contributed by atoms with Gasteiger partial charge in [-0.15, -0.1) is 0 Å². The van der Waals surface area contributed by atoms with Crippen LogP contribution in [0.2, 0.25) is 0 Å². The van der Waals surface area contributed by atoms with Crippen LogP contribution in [0.5, 0.6) is 11.5 Å². The van der Waals surface area contributed by atoms with Crippen LogP contribution in [0, 0.1) is 0 Å². The predicted octanol–water partition coefficient (Wildman–Crippen LogP) is 5.46. The molecule has 0 bridgehead atoms. The van der Waals surface area contributed by atoms with Crippen LogP contribution in [-0.2, 0) is 0 Å². The number of hydrogen-bond donors (Lipinski definition) is 3. The van der Waals surface area contributed by atoms with E-state index in [0.717, 1.165) is 39.7 Å². The Hall–Kier alpha value is -4.13. The number of aliphatic hydroxyl groups excluding tert-OH is 1.